The Labute approximate surface area is 151 Å². The summed E-state index contributed by atoms with van der Waals surface area (Å²) in [5.41, 5.74) is 7.06. The van der Waals surface area contributed by atoms with Gasteiger partial charge in [0, 0.05) is 45.2 Å². The average Bonchev–Trinajstić information content (AvgIpc) is 2.62. The van der Waals surface area contributed by atoms with E-state index >= 15 is 0 Å². The summed E-state index contributed by atoms with van der Waals surface area (Å²) in [4.78, 5) is 32.8. The van der Waals surface area contributed by atoms with Gasteiger partial charge in [-0.05, 0) is 24.3 Å². The molecule has 0 aliphatic rings. The van der Waals surface area contributed by atoms with Gasteiger partial charge in [0.1, 0.15) is 5.82 Å². The van der Waals surface area contributed by atoms with Crippen molar-refractivity contribution in [2.24, 2.45) is 5.73 Å². The highest BCUT2D eigenvalue weighted by Gasteiger charge is 2.12. The fourth-order valence-corrected chi connectivity index (χ4v) is 2.11. The molecule has 138 valence electrons. The monoisotopic (exact) mass is 358 g/mol. The highest BCUT2D eigenvalue weighted by atomic mass is 16.5. The van der Waals surface area contributed by atoms with Gasteiger partial charge in [-0.25, -0.2) is 4.98 Å². The van der Waals surface area contributed by atoms with E-state index in [2.05, 4.69) is 20.6 Å². The lowest BCUT2D eigenvalue weighted by atomic mass is 10.2. The van der Waals surface area contributed by atoms with E-state index in [9.17, 15) is 9.59 Å². The number of rotatable bonds is 8. The summed E-state index contributed by atoms with van der Waals surface area (Å²) in [7, 11) is 3.28. The molecule has 0 unspecified atom stereocenters. The van der Waals surface area contributed by atoms with E-state index in [0.717, 1.165) is 11.4 Å². The SMILES string of the molecule is COCCNc1nc(Nc2ccc(N(C)C(C)=O)cc2)ncc1C(N)=O. The Kier molecular flexibility index (Phi) is 6.45. The molecule has 0 radical (unpaired) electrons. The summed E-state index contributed by atoms with van der Waals surface area (Å²) in [5, 5.41) is 6.04. The molecule has 9 nitrogen and oxygen atoms in total. The van der Waals surface area contributed by atoms with Gasteiger partial charge in [0.2, 0.25) is 11.9 Å². The number of primary amides is 1. The molecular weight excluding hydrogens is 336 g/mol. The molecule has 2 amide bonds. The molecular formula is C17H22N6O3. The molecule has 2 rings (SSSR count). The van der Waals surface area contributed by atoms with E-state index in [4.69, 9.17) is 10.5 Å². The predicted molar refractivity (Wildman–Crippen MR) is 99.7 cm³/mol. The number of nitrogens with two attached hydrogens (primary N) is 1. The molecule has 2 aromatic rings. The molecule has 1 aromatic carbocycles. The molecule has 1 heterocycles. The van der Waals surface area contributed by atoms with Crippen LogP contribution in [0.25, 0.3) is 0 Å². The zero-order chi connectivity index (χ0) is 19.1. The van der Waals surface area contributed by atoms with Gasteiger partial charge in [0.05, 0.1) is 12.2 Å². The second kappa shape index (κ2) is 8.77. The van der Waals surface area contributed by atoms with E-state index in [1.807, 2.05) is 0 Å². The number of methoxy groups -OCH3 is 1. The molecule has 0 saturated heterocycles. The number of aromatic nitrogens is 2. The zero-order valence-corrected chi connectivity index (χ0v) is 14.9. The number of hydrogen-bond acceptors (Lipinski definition) is 7. The van der Waals surface area contributed by atoms with Crippen LogP contribution in [-0.2, 0) is 9.53 Å². The van der Waals surface area contributed by atoms with Crippen molar-refractivity contribution in [1.82, 2.24) is 9.97 Å². The maximum atomic E-state index is 11.5. The lowest BCUT2D eigenvalue weighted by Crippen LogP contribution is -2.22. The van der Waals surface area contributed by atoms with Crippen molar-refractivity contribution in [2.45, 2.75) is 6.92 Å². The molecule has 26 heavy (non-hydrogen) atoms. The highest BCUT2D eigenvalue weighted by Crippen LogP contribution is 2.20. The fraction of sp³-hybridized carbons (Fsp3) is 0.294. The number of hydrogen-bond donors (Lipinski definition) is 3. The van der Waals surface area contributed by atoms with E-state index < -0.39 is 5.91 Å². The molecule has 9 heteroatoms. The van der Waals surface area contributed by atoms with Crippen LogP contribution in [0.4, 0.5) is 23.1 Å². The van der Waals surface area contributed by atoms with Gasteiger partial charge < -0.3 is 26.0 Å². The number of nitrogens with zero attached hydrogens (tertiary/aromatic N) is 3. The van der Waals surface area contributed by atoms with Crippen LogP contribution in [0.3, 0.4) is 0 Å². The summed E-state index contributed by atoms with van der Waals surface area (Å²) in [6.07, 6.45) is 1.37. The largest absolute Gasteiger partial charge is 0.383 e. The van der Waals surface area contributed by atoms with Gasteiger partial charge in [-0.15, -0.1) is 0 Å². The number of carbonyl (C=O) groups is 2. The van der Waals surface area contributed by atoms with Crippen LogP contribution in [0.1, 0.15) is 17.3 Å². The fourth-order valence-electron chi connectivity index (χ4n) is 2.11. The molecule has 0 fully saturated rings. The Morgan fingerprint density at radius 3 is 2.54 bits per heavy atom. The Morgan fingerprint density at radius 2 is 1.96 bits per heavy atom. The van der Waals surface area contributed by atoms with Crippen molar-refractivity contribution in [3.8, 4) is 0 Å². The van der Waals surface area contributed by atoms with Crippen molar-refractivity contribution in [2.75, 3.05) is 42.8 Å². The molecule has 0 bridgehead atoms. The summed E-state index contributed by atoms with van der Waals surface area (Å²) in [5.74, 6) is -0.0291. The van der Waals surface area contributed by atoms with Gasteiger partial charge >= 0.3 is 0 Å². The maximum Gasteiger partial charge on any atom is 0.254 e. The Morgan fingerprint density at radius 1 is 1.27 bits per heavy atom. The second-order valence-electron chi connectivity index (χ2n) is 5.49. The van der Waals surface area contributed by atoms with Gasteiger partial charge in [0.15, 0.2) is 0 Å². The summed E-state index contributed by atoms with van der Waals surface area (Å²) in [6.45, 7) is 2.42. The minimum atomic E-state index is -0.618. The zero-order valence-electron chi connectivity index (χ0n) is 14.9. The minimum absolute atomic E-state index is 0.0529. The topological polar surface area (TPSA) is 122 Å². The number of amides is 2. The van der Waals surface area contributed by atoms with Crippen LogP contribution in [0.5, 0.6) is 0 Å². The molecule has 0 saturated carbocycles. The number of nitrogens with one attached hydrogen (secondary N) is 2. The minimum Gasteiger partial charge on any atom is -0.383 e. The van der Waals surface area contributed by atoms with Crippen molar-refractivity contribution >= 4 is 35.0 Å². The second-order valence-corrected chi connectivity index (χ2v) is 5.49. The van der Waals surface area contributed by atoms with Crippen molar-refractivity contribution < 1.29 is 14.3 Å². The van der Waals surface area contributed by atoms with Crippen LogP contribution in [-0.4, -0.2) is 49.1 Å². The highest BCUT2D eigenvalue weighted by molar-refractivity contribution is 5.97. The smallest absolute Gasteiger partial charge is 0.254 e. The number of benzene rings is 1. The molecule has 0 aliphatic heterocycles. The third kappa shape index (κ3) is 4.90. The molecule has 0 spiro atoms. The van der Waals surface area contributed by atoms with Gasteiger partial charge in [-0.2, -0.15) is 4.98 Å². The first-order valence-electron chi connectivity index (χ1n) is 7.93. The van der Waals surface area contributed by atoms with Crippen molar-refractivity contribution in [3.05, 3.63) is 36.0 Å². The summed E-state index contributed by atoms with van der Waals surface area (Å²) < 4.78 is 4.97. The number of carbonyl (C=O) groups excluding carboxylic acids is 2. The van der Waals surface area contributed by atoms with Gasteiger partial charge in [-0.1, -0.05) is 0 Å². The Balaban J connectivity index is 2.16. The Bertz CT molecular complexity index is 779. The summed E-state index contributed by atoms with van der Waals surface area (Å²) in [6, 6.07) is 7.22. The van der Waals surface area contributed by atoms with Gasteiger partial charge in [-0.3, -0.25) is 9.59 Å². The third-order valence-corrected chi connectivity index (χ3v) is 3.64. The van der Waals surface area contributed by atoms with E-state index in [1.165, 1.54) is 13.1 Å². The van der Waals surface area contributed by atoms with Crippen LogP contribution in [0, 0.1) is 0 Å². The van der Waals surface area contributed by atoms with E-state index in [0.29, 0.717) is 24.9 Å². The van der Waals surface area contributed by atoms with Crippen molar-refractivity contribution in [3.63, 3.8) is 0 Å². The number of anilines is 4. The molecule has 1 aromatic heterocycles. The van der Waals surface area contributed by atoms with Crippen LogP contribution >= 0.6 is 0 Å². The van der Waals surface area contributed by atoms with Crippen molar-refractivity contribution in [1.29, 1.82) is 0 Å². The lowest BCUT2D eigenvalue weighted by Gasteiger charge is -2.15. The predicted octanol–water partition coefficient (Wildman–Crippen LogP) is 1.36. The van der Waals surface area contributed by atoms with Crippen LogP contribution in [0.15, 0.2) is 30.5 Å². The molecule has 0 aliphatic carbocycles. The first-order valence-corrected chi connectivity index (χ1v) is 7.93. The molecule has 4 N–H and O–H groups in total. The first kappa shape index (κ1) is 19.1. The maximum absolute atomic E-state index is 11.5. The number of ether oxygens (including phenoxy) is 1. The van der Waals surface area contributed by atoms with E-state index in [1.54, 1.807) is 43.3 Å². The first-order chi connectivity index (χ1) is 12.4. The standard InChI is InChI=1S/C17H22N6O3/c1-11(24)23(2)13-6-4-12(5-7-13)21-17-20-10-14(15(18)25)16(22-17)19-8-9-26-3/h4-7,10H,8-9H2,1-3H3,(H2,18,25)(H2,19,20,21,22). The van der Waals surface area contributed by atoms with E-state index in [-0.39, 0.29) is 11.5 Å². The Hall–Kier alpha value is -3.20. The normalized spacial score (nSPS) is 10.3. The summed E-state index contributed by atoms with van der Waals surface area (Å²) >= 11 is 0. The molecule has 0 atom stereocenters. The van der Waals surface area contributed by atoms with Crippen LogP contribution in [0.2, 0.25) is 0 Å². The lowest BCUT2D eigenvalue weighted by molar-refractivity contribution is -0.116. The van der Waals surface area contributed by atoms with Crippen LogP contribution < -0.4 is 21.3 Å². The third-order valence-electron chi connectivity index (χ3n) is 3.64. The van der Waals surface area contributed by atoms with Gasteiger partial charge in [0.25, 0.3) is 5.91 Å². The quantitative estimate of drug-likeness (QED) is 0.609. The average molecular weight is 358 g/mol.